The summed E-state index contributed by atoms with van der Waals surface area (Å²) in [6, 6.07) is 6.83. The van der Waals surface area contributed by atoms with Crippen LogP contribution in [0, 0.1) is 0 Å². The Labute approximate surface area is 126 Å². The number of amides is 1. The van der Waals surface area contributed by atoms with Gasteiger partial charge in [-0.3, -0.25) is 4.79 Å². The maximum atomic E-state index is 11.7. The second-order valence-corrected chi connectivity index (χ2v) is 5.27. The van der Waals surface area contributed by atoms with Gasteiger partial charge in [-0.1, -0.05) is 12.1 Å². The zero-order chi connectivity index (χ0) is 15.2. The molecule has 2 aromatic rings. The molecule has 0 aliphatic heterocycles. The number of carbonyl (C=O) groups excluding carboxylic acids is 1. The Morgan fingerprint density at radius 1 is 1.52 bits per heavy atom. The lowest BCUT2D eigenvalue weighted by atomic mass is 10.1. The van der Waals surface area contributed by atoms with Crippen LogP contribution >= 0.6 is 11.8 Å². The number of H-pyrrole nitrogens is 1. The van der Waals surface area contributed by atoms with Crippen LogP contribution in [0.15, 0.2) is 40.9 Å². The first kappa shape index (κ1) is 15.0. The minimum atomic E-state index is -0.232. The van der Waals surface area contributed by atoms with Crippen LogP contribution in [0.25, 0.3) is 0 Å². The molecule has 1 heterocycles. The second-order valence-electron chi connectivity index (χ2n) is 4.31. The molecule has 21 heavy (non-hydrogen) atoms. The number of para-hydroxylation sites is 1. The van der Waals surface area contributed by atoms with Crippen molar-refractivity contribution in [3.63, 3.8) is 0 Å². The van der Waals surface area contributed by atoms with Crippen molar-refractivity contribution in [3.05, 3.63) is 36.2 Å². The molecule has 0 fully saturated rings. The Hall–Kier alpha value is -2.35. The summed E-state index contributed by atoms with van der Waals surface area (Å²) in [4.78, 5) is 11.7. The first-order valence-corrected chi connectivity index (χ1v) is 7.20. The molecule has 0 saturated heterocycles. The number of phenols is 1. The zero-order valence-corrected chi connectivity index (χ0v) is 12.5. The van der Waals surface area contributed by atoms with Gasteiger partial charge in [-0.15, -0.1) is 5.10 Å². The maximum absolute atomic E-state index is 11.7. The number of aryl methyl sites for hydroxylation is 1. The number of hydrogen-bond donors (Lipinski definition) is 3. The van der Waals surface area contributed by atoms with E-state index in [1.165, 1.54) is 11.8 Å². The van der Waals surface area contributed by atoms with Gasteiger partial charge < -0.3 is 5.11 Å². The van der Waals surface area contributed by atoms with Crippen LogP contribution in [0.2, 0.25) is 0 Å². The standard InChI is InChI=1S/C13H15N5O2S/c1-9(10-5-3-4-6-11(10)19)15-16-12(20)7-21-13-17-14-8-18(13)2/h3-6,8H,7H2,1-2H3,(H2,15,16,19,20)/p+1. The summed E-state index contributed by atoms with van der Waals surface area (Å²) in [6.45, 7) is 1.72. The molecule has 0 radical (unpaired) electrons. The van der Waals surface area contributed by atoms with Crippen LogP contribution in [-0.2, 0) is 11.8 Å². The molecule has 0 saturated carbocycles. The predicted molar refractivity (Wildman–Crippen MR) is 78.9 cm³/mol. The van der Waals surface area contributed by atoms with Crippen molar-refractivity contribution < 1.29 is 14.5 Å². The van der Waals surface area contributed by atoms with Crippen LogP contribution in [-0.4, -0.2) is 32.7 Å². The van der Waals surface area contributed by atoms with E-state index in [0.717, 1.165) is 5.16 Å². The topological polar surface area (TPSA) is 94.2 Å². The molecule has 0 aliphatic carbocycles. The van der Waals surface area contributed by atoms with E-state index < -0.39 is 0 Å². The number of aromatic nitrogens is 3. The van der Waals surface area contributed by atoms with Crippen LogP contribution < -0.4 is 9.99 Å². The van der Waals surface area contributed by atoms with Gasteiger partial charge in [0.05, 0.1) is 18.5 Å². The largest absolute Gasteiger partial charge is 0.507 e. The molecule has 1 aromatic heterocycles. The summed E-state index contributed by atoms with van der Waals surface area (Å²) in [5.74, 6) is 0.115. The van der Waals surface area contributed by atoms with Gasteiger partial charge in [0.15, 0.2) is 0 Å². The molecule has 3 N–H and O–H groups in total. The third kappa shape index (κ3) is 4.06. The molecule has 1 amide bonds. The van der Waals surface area contributed by atoms with Crippen LogP contribution in [0.3, 0.4) is 0 Å². The Morgan fingerprint density at radius 2 is 2.29 bits per heavy atom. The highest BCUT2D eigenvalue weighted by Gasteiger charge is 2.11. The van der Waals surface area contributed by atoms with E-state index in [-0.39, 0.29) is 17.4 Å². The van der Waals surface area contributed by atoms with E-state index in [1.54, 1.807) is 42.1 Å². The fourth-order valence-electron chi connectivity index (χ4n) is 1.59. The van der Waals surface area contributed by atoms with Crippen LogP contribution in [0.1, 0.15) is 12.5 Å². The summed E-state index contributed by atoms with van der Waals surface area (Å²) in [7, 11) is 1.84. The summed E-state index contributed by atoms with van der Waals surface area (Å²) < 4.78 is 1.79. The Bertz CT molecular complexity index is 668. The van der Waals surface area contributed by atoms with Crippen LogP contribution in [0.5, 0.6) is 5.75 Å². The smallest absolute Gasteiger partial charge is 0.293 e. The number of benzene rings is 1. The molecule has 0 bridgehead atoms. The van der Waals surface area contributed by atoms with E-state index >= 15 is 0 Å². The molecule has 2 rings (SSSR count). The number of carbonyl (C=O) groups is 1. The van der Waals surface area contributed by atoms with E-state index in [9.17, 15) is 9.90 Å². The summed E-state index contributed by atoms with van der Waals surface area (Å²) >= 11 is 1.33. The van der Waals surface area contributed by atoms with Crippen molar-refractivity contribution in [2.75, 3.05) is 5.75 Å². The number of aromatic hydroxyl groups is 1. The first-order chi connectivity index (χ1) is 10.1. The molecular weight excluding hydrogens is 290 g/mol. The quantitative estimate of drug-likeness (QED) is 0.326. The summed E-state index contributed by atoms with van der Waals surface area (Å²) in [5, 5.41) is 21.1. The number of rotatable bonds is 5. The number of phenolic OH excluding ortho intramolecular Hbond substituents is 1. The van der Waals surface area contributed by atoms with Gasteiger partial charge in [0, 0.05) is 10.7 Å². The normalized spacial score (nSPS) is 11.4. The monoisotopic (exact) mass is 306 g/mol. The van der Waals surface area contributed by atoms with Crippen molar-refractivity contribution >= 4 is 23.4 Å². The number of hydrogen-bond acceptors (Lipinski definition) is 5. The second kappa shape index (κ2) is 6.89. The third-order valence-electron chi connectivity index (χ3n) is 2.69. The van der Waals surface area contributed by atoms with Crippen LogP contribution in [0.4, 0.5) is 0 Å². The maximum Gasteiger partial charge on any atom is 0.293 e. The lowest BCUT2D eigenvalue weighted by molar-refractivity contribution is -0.709. The fraction of sp³-hybridized carbons (Fsp3) is 0.231. The highest BCUT2D eigenvalue weighted by Crippen LogP contribution is 2.16. The minimum Gasteiger partial charge on any atom is -0.507 e. The Kier molecular flexibility index (Phi) is 4.94. The summed E-state index contributed by atoms with van der Waals surface area (Å²) in [6.07, 6.45) is 1.63. The van der Waals surface area contributed by atoms with E-state index in [1.807, 2.05) is 7.05 Å². The average molecular weight is 306 g/mol. The van der Waals surface area contributed by atoms with Crippen molar-refractivity contribution in [3.8, 4) is 5.75 Å². The molecule has 0 aliphatic rings. The predicted octanol–water partition coefficient (Wildman–Crippen LogP) is 0.572. The van der Waals surface area contributed by atoms with E-state index in [4.69, 9.17) is 0 Å². The van der Waals surface area contributed by atoms with Gasteiger partial charge >= 0.3 is 0 Å². The summed E-state index contributed by atoms with van der Waals surface area (Å²) in [5.41, 5.74) is 3.59. The van der Waals surface area contributed by atoms with E-state index in [2.05, 4.69) is 20.7 Å². The molecule has 7 nitrogen and oxygen atoms in total. The van der Waals surface area contributed by atoms with Crippen molar-refractivity contribution in [1.29, 1.82) is 0 Å². The molecular formula is C13H16N5O2S+. The highest BCUT2D eigenvalue weighted by molar-refractivity contribution is 7.99. The molecule has 1 aromatic carbocycles. The number of aromatic amines is 1. The lowest BCUT2D eigenvalue weighted by Crippen LogP contribution is -2.29. The van der Waals surface area contributed by atoms with Crippen molar-refractivity contribution in [2.24, 2.45) is 12.1 Å². The van der Waals surface area contributed by atoms with Gasteiger partial charge in [-0.2, -0.15) is 5.10 Å². The zero-order valence-electron chi connectivity index (χ0n) is 11.7. The van der Waals surface area contributed by atoms with Crippen molar-refractivity contribution in [1.82, 2.24) is 15.6 Å². The van der Waals surface area contributed by atoms with Gasteiger partial charge in [0.2, 0.25) is 0 Å². The number of nitrogens with zero attached hydrogens (tertiary/aromatic N) is 3. The van der Waals surface area contributed by atoms with Gasteiger partial charge in [-0.05, 0) is 30.8 Å². The molecule has 0 unspecified atom stereocenters. The van der Waals surface area contributed by atoms with Gasteiger partial charge in [0.25, 0.3) is 17.4 Å². The molecule has 0 spiro atoms. The molecule has 0 atom stereocenters. The number of thioether (sulfide) groups is 1. The number of hydrazone groups is 1. The van der Waals surface area contributed by atoms with E-state index in [0.29, 0.717) is 11.3 Å². The van der Waals surface area contributed by atoms with Gasteiger partial charge in [-0.25, -0.2) is 9.99 Å². The minimum absolute atomic E-state index is 0.131. The molecule has 8 heteroatoms. The fourth-order valence-corrected chi connectivity index (χ4v) is 2.29. The SMILES string of the molecule is C/C(=N\NC(=O)CSc1[nH]nc[n+]1C)c1ccccc1O. The Balaban J connectivity index is 1.90. The Morgan fingerprint density at radius 3 is 2.95 bits per heavy atom. The number of nitrogens with one attached hydrogen (secondary N) is 2. The first-order valence-electron chi connectivity index (χ1n) is 6.21. The van der Waals surface area contributed by atoms with Gasteiger partial charge in [0.1, 0.15) is 5.75 Å². The molecule has 110 valence electrons. The van der Waals surface area contributed by atoms with Crippen molar-refractivity contribution in [2.45, 2.75) is 12.1 Å². The lowest BCUT2D eigenvalue weighted by Gasteiger charge is -2.04. The highest BCUT2D eigenvalue weighted by atomic mass is 32.2. The third-order valence-corrected chi connectivity index (χ3v) is 3.75. The average Bonchev–Trinajstić information content (AvgIpc) is 2.88.